The highest BCUT2D eigenvalue weighted by molar-refractivity contribution is 5.88. The van der Waals surface area contributed by atoms with Crippen molar-refractivity contribution in [1.82, 2.24) is 5.32 Å². The smallest absolute Gasteiger partial charge is 0.408 e. The number of terminal acetylenes is 2. The van der Waals surface area contributed by atoms with Crippen molar-refractivity contribution in [2.75, 3.05) is 7.11 Å². The van der Waals surface area contributed by atoms with Crippen LogP contribution in [0.4, 0.5) is 4.79 Å². The number of phenolic OH excluding ortho intramolecular Hbond substituents is 1. The molecule has 6 nitrogen and oxygen atoms in total. The standard InChI is InChI=1S/C30H27NO5/c1-7-19-9-13-21(14-10-19)24-17-23(26(28(33)35-6)31-29(34)36-30(3,4)5)18-25(27(24)32)22-15-11-20(8-2)12-16-22/h1-2,9-18,26,32H,3-6H3,(H,31,34)/t26-/m1/s1. The molecule has 0 bridgehead atoms. The van der Waals surface area contributed by atoms with Gasteiger partial charge in [0.15, 0.2) is 6.04 Å². The average Bonchev–Trinajstić information content (AvgIpc) is 2.86. The molecule has 2 N–H and O–H groups in total. The van der Waals surface area contributed by atoms with Gasteiger partial charge in [-0.3, -0.25) is 0 Å². The maximum absolute atomic E-state index is 12.8. The Kier molecular flexibility index (Phi) is 7.72. The van der Waals surface area contributed by atoms with E-state index in [1.165, 1.54) is 7.11 Å². The van der Waals surface area contributed by atoms with E-state index in [9.17, 15) is 14.7 Å². The van der Waals surface area contributed by atoms with Crippen LogP contribution in [0.15, 0.2) is 60.7 Å². The monoisotopic (exact) mass is 481 g/mol. The van der Waals surface area contributed by atoms with Crippen molar-refractivity contribution in [3.63, 3.8) is 0 Å². The Bertz CT molecular complexity index is 1270. The fourth-order valence-corrected chi connectivity index (χ4v) is 3.58. The molecule has 3 aromatic carbocycles. The highest BCUT2D eigenvalue weighted by atomic mass is 16.6. The summed E-state index contributed by atoms with van der Waals surface area (Å²) in [4.78, 5) is 25.3. The van der Waals surface area contributed by atoms with Crippen molar-refractivity contribution in [1.29, 1.82) is 0 Å². The molecule has 0 radical (unpaired) electrons. The molecule has 0 aromatic heterocycles. The number of hydrogen-bond acceptors (Lipinski definition) is 5. The Balaban J connectivity index is 2.20. The molecule has 3 aromatic rings. The van der Waals surface area contributed by atoms with E-state index < -0.39 is 23.7 Å². The molecule has 182 valence electrons. The first-order valence-electron chi connectivity index (χ1n) is 11.1. The number of benzene rings is 3. The highest BCUT2D eigenvalue weighted by Gasteiger charge is 2.28. The number of carbonyl (C=O) groups excluding carboxylic acids is 2. The van der Waals surface area contributed by atoms with Crippen LogP contribution < -0.4 is 5.32 Å². The first-order valence-corrected chi connectivity index (χ1v) is 11.1. The third-order valence-electron chi connectivity index (χ3n) is 5.29. The fourth-order valence-electron chi connectivity index (χ4n) is 3.58. The summed E-state index contributed by atoms with van der Waals surface area (Å²) in [6.45, 7) is 5.16. The number of alkyl carbamates (subject to hydrolysis) is 1. The van der Waals surface area contributed by atoms with Gasteiger partial charge in [-0.1, -0.05) is 36.1 Å². The minimum absolute atomic E-state index is 0.0125. The largest absolute Gasteiger partial charge is 0.507 e. The molecular formula is C30H27NO5. The molecule has 0 heterocycles. The van der Waals surface area contributed by atoms with E-state index in [-0.39, 0.29) is 5.75 Å². The SMILES string of the molecule is C#Cc1ccc(-c2cc([C@@H](NC(=O)OC(C)(C)C)C(=O)OC)cc(-c3ccc(C#C)cc3)c2O)cc1. The molecule has 6 heteroatoms. The maximum atomic E-state index is 12.8. The summed E-state index contributed by atoms with van der Waals surface area (Å²) in [7, 11) is 1.23. The summed E-state index contributed by atoms with van der Waals surface area (Å²) in [5.41, 5.74) is 3.17. The first-order chi connectivity index (χ1) is 17.1. The van der Waals surface area contributed by atoms with Crippen molar-refractivity contribution < 1.29 is 24.2 Å². The molecule has 1 atom stereocenters. The van der Waals surface area contributed by atoms with Crippen LogP contribution in [0.5, 0.6) is 5.75 Å². The number of phenols is 1. The average molecular weight is 482 g/mol. The zero-order valence-corrected chi connectivity index (χ0v) is 20.6. The number of amides is 1. The Morgan fingerprint density at radius 1 is 0.889 bits per heavy atom. The maximum Gasteiger partial charge on any atom is 0.408 e. The van der Waals surface area contributed by atoms with Gasteiger partial charge in [-0.2, -0.15) is 0 Å². The van der Waals surface area contributed by atoms with Crippen molar-refractivity contribution in [2.45, 2.75) is 32.4 Å². The van der Waals surface area contributed by atoms with Crippen LogP contribution in [0.1, 0.15) is 43.5 Å². The minimum Gasteiger partial charge on any atom is -0.507 e. The number of ether oxygens (including phenoxy) is 2. The topological polar surface area (TPSA) is 84.9 Å². The van der Waals surface area contributed by atoms with E-state index in [1.807, 2.05) is 0 Å². The van der Waals surface area contributed by atoms with Gasteiger partial charge >= 0.3 is 12.1 Å². The van der Waals surface area contributed by atoms with Crippen molar-refractivity contribution in [3.8, 4) is 52.7 Å². The van der Waals surface area contributed by atoms with Crippen LogP contribution in [0.3, 0.4) is 0 Å². The van der Waals surface area contributed by atoms with Gasteiger partial charge in [0.1, 0.15) is 11.4 Å². The number of esters is 1. The van der Waals surface area contributed by atoms with Crippen LogP contribution in [0, 0.1) is 24.7 Å². The van der Waals surface area contributed by atoms with Gasteiger partial charge in [-0.25, -0.2) is 9.59 Å². The van der Waals surface area contributed by atoms with Gasteiger partial charge in [0, 0.05) is 22.3 Å². The third-order valence-corrected chi connectivity index (χ3v) is 5.29. The van der Waals surface area contributed by atoms with E-state index in [0.29, 0.717) is 38.9 Å². The molecule has 0 spiro atoms. The quantitative estimate of drug-likeness (QED) is 0.375. The van der Waals surface area contributed by atoms with Crippen molar-refractivity contribution in [2.24, 2.45) is 0 Å². The molecular weight excluding hydrogens is 454 g/mol. The molecule has 0 aliphatic carbocycles. The van der Waals surface area contributed by atoms with E-state index in [4.69, 9.17) is 22.3 Å². The second-order valence-corrected chi connectivity index (χ2v) is 9.01. The van der Waals surface area contributed by atoms with E-state index >= 15 is 0 Å². The van der Waals surface area contributed by atoms with Crippen LogP contribution in [0.2, 0.25) is 0 Å². The molecule has 1 amide bonds. The summed E-state index contributed by atoms with van der Waals surface area (Å²) in [6.07, 6.45) is 10.2. The third kappa shape index (κ3) is 6.05. The zero-order chi connectivity index (χ0) is 26.5. The van der Waals surface area contributed by atoms with E-state index in [2.05, 4.69) is 17.2 Å². The normalized spacial score (nSPS) is 11.5. The lowest BCUT2D eigenvalue weighted by Gasteiger charge is -2.24. The summed E-state index contributed by atoms with van der Waals surface area (Å²) < 4.78 is 10.3. The van der Waals surface area contributed by atoms with Gasteiger partial charge in [-0.15, -0.1) is 12.8 Å². The number of aromatic hydroxyl groups is 1. The molecule has 0 saturated heterocycles. The van der Waals surface area contributed by atoms with Gasteiger partial charge in [0.2, 0.25) is 0 Å². The minimum atomic E-state index is -1.20. The fraction of sp³-hybridized carbons (Fsp3) is 0.200. The summed E-state index contributed by atoms with van der Waals surface area (Å²) in [6, 6.07) is 16.1. The molecule has 0 fully saturated rings. The molecule has 36 heavy (non-hydrogen) atoms. The number of carbonyl (C=O) groups is 2. The second kappa shape index (κ2) is 10.7. The van der Waals surface area contributed by atoms with Gasteiger partial charge < -0.3 is 19.9 Å². The van der Waals surface area contributed by atoms with Crippen LogP contribution >= 0.6 is 0 Å². The number of hydrogen-bond donors (Lipinski definition) is 2. The Labute approximate surface area is 211 Å². The van der Waals surface area contributed by atoms with Gasteiger partial charge in [0.25, 0.3) is 0 Å². The van der Waals surface area contributed by atoms with E-state index in [1.54, 1.807) is 81.4 Å². The molecule has 0 aliphatic heterocycles. The lowest BCUT2D eigenvalue weighted by molar-refractivity contribution is -0.143. The predicted octanol–water partition coefficient (Wildman–Crippen LogP) is 5.43. The Morgan fingerprint density at radius 3 is 1.69 bits per heavy atom. The van der Waals surface area contributed by atoms with Crippen LogP contribution in [-0.4, -0.2) is 29.9 Å². The second-order valence-electron chi connectivity index (χ2n) is 9.01. The summed E-state index contributed by atoms with van der Waals surface area (Å²) in [5, 5.41) is 13.9. The van der Waals surface area contributed by atoms with Gasteiger partial charge in [-0.05, 0) is 73.9 Å². The lowest BCUT2D eigenvalue weighted by atomic mass is 9.91. The number of nitrogens with one attached hydrogen (secondary N) is 1. The predicted molar refractivity (Wildman–Crippen MR) is 139 cm³/mol. The molecule has 0 aliphatic rings. The Hall–Kier alpha value is -4.68. The molecule has 0 saturated carbocycles. The summed E-state index contributed by atoms with van der Waals surface area (Å²) >= 11 is 0. The summed E-state index contributed by atoms with van der Waals surface area (Å²) in [5.74, 6) is 4.41. The Morgan fingerprint density at radius 2 is 1.33 bits per heavy atom. The van der Waals surface area contributed by atoms with E-state index in [0.717, 1.165) is 0 Å². The van der Waals surface area contributed by atoms with Gasteiger partial charge in [0.05, 0.1) is 7.11 Å². The zero-order valence-electron chi connectivity index (χ0n) is 20.6. The molecule has 3 rings (SSSR count). The van der Waals surface area contributed by atoms with Crippen molar-refractivity contribution >= 4 is 12.1 Å². The molecule has 0 unspecified atom stereocenters. The lowest BCUT2D eigenvalue weighted by Crippen LogP contribution is -2.38. The first kappa shape index (κ1) is 25.9. The number of methoxy groups -OCH3 is 1. The number of rotatable bonds is 5. The highest BCUT2D eigenvalue weighted by Crippen LogP contribution is 2.41. The van der Waals surface area contributed by atoms with Crippen molar-refractivity contribution in [3.05, 3.63) is 77.4 Å². The van der Waals surface area contributed by atoms with Crippen LogP contribution in [-0.2, 0) is 14.3 Å². The van der Waals surface area contributed by atoms with Crippen LogP contribution in [0.25, 0.3) is 22.3 Å².